The quantitative estimate of drug-likeness (QED) is 0.596. The first-order valence-corrected chi connectivity index (χ1v) is 6.73. The van der Waals surface area contributed by atoms with E-state index in [0.29, 0.717) is 8.95 Å². The summed E-state index contributed by atoms with van der Waals surface area (Å²) in [6, 6.07) is 8.94. The summed E-state index contributed by atoms with van der Waals surface area (Å²) in [4.78, 5) is 0. The van der Waals surface area contributed by atoms with Crippen molar-refractivity contribution in [3.63, 3.8) is 0 Å². The molecular weight excluding hydrogens is 366 g/mol. The third kappa shape index (κ3) is 3.27. The van der Waals surface area contributed by atoms with Crippen molar-refractivity contribution in [1.29, 1.82) is 0 Å². The Balaban J connectivity index is 2.30. The molecule has 0 aliphatic rings. The van der Waals surface area contributed by atoms with Crippen LogP contribution in [0.4, 0.5) is 8.78 Å². The molecule has 0 aliphatic heterocycles. The Labute approximate surface area is 121 Å². The van der Waals surface area contributed by atoms with Gasteiger partial charge in [-0.2, -0.15) is 0 Å². The Hall–Kier alpha value is -1.00. The van der Waals surface area contributed by atoms with E-state index in [0.717, 1.165) is 11.1 Å². The van der Waals surface area contributed by atoms with Crippen molar-refractivity contribution < 1.29 is 8.78 Å². The number of halogens is 4. The minimum absolute atomic E-state index is 0.290. The van der Waals surface area contributed by atoms with Gasteiger partial charge in [0.15, 0.2) is 0 Å². The van der Waals surface area contributed by atoms with E-state index in [4.69, 9.17) is 0 Å². The van der Waals surface area contributed by atoms with Gasteiger partial charge in [-0.05, 0) is 35.4 Å². The van der Waals surface area contributed by atoms with Crippen molar-refractivity contribution >= 4 is 44.0 Å². The van der Waals surface area contributed by atoms with E-state index in [1.165, 1.54) is 24.3 Å². The Morgan fingerprint density at radius 1 is 0.722 bits per heavy atom. The van der Waals surface area contributed by atoms with E-state index < -0.39 is 0 Å². The minimum atomic E-state index is -0.290. The molecule has 0 N–H and O–H groups in total. The topological polar surface area (TPSA) is 0 Å². The Morgan fingerprint density at radius 2 is 1.11 bits per heavy atom. The second kappa shape index (κ2) is 5.76. The molecular formula is C14H8Br2F2. The van der Waals surface area contributed by atoms with Crippen LogP contribution in [0.1, 0.15) is 11.1 Å². The zero-order chi connectivity index (χ0) is 13.1. The fourth-order valence-corrected chi connectivity index (χ4v) is 2.42. The Bertz CT molecular complexity index is 553. The highest BCUT2D eigenvalue weighted by molar-refractivity contribution is 9.10. The van der Waals surface area contributed by atoms with Gasteiger partial charge in [-0.15, -0.1) is 0 Å². The van der Waals surface area contributed by atoms with E-state index in [1.807, 2.05) is 12.2 Å². The molecule has 0 saturated heterocycles. The molecule has 92 valence electrons. The molecule has 0 saturated carbocycles. The van der Waals surface area contributed by atoms with Crippen LogP contribution in [0.3, 0.4) is 0 Å². The van der Waals surface area contributed by atoms with E-state index >= 15 is 0 Å². The third-order valence-electron chi connectivity index (χ3n) is 2.37. The molecule has 0 nitrogen and oxygen atoms in total. The predicted octanol–water partition coefficient (Wildman–Crippen LogP) is 5.66. The van der Waals surface area contributed by atoms with Crippen LogP contribution >= 0.6 is 31.9 Å². The van der Waals surface area contributed by atoms with E-state index in [-0.39, 0.29) is 11.6 Å². The van der Waals surface area contributed by atoms with Crippen LogP contribution in [0.5, 0.6) is 0 Å². The summed E-state index contributed by atoms with van der Waals surface area (Å²) >= 11 is 6.58. The molecule has 0 spiro atoms. The third-order valence-corrected chi connectivity index (χ3v) is 3.74. The van der Waals surface area contributed by atoms with Crippen LogP contribution in [0.2, 0.25) is 0 Å². The van der Waals surface area contributed by atoms with Crippen molar-refractivity contribution in [2.24, 2.45) is 0 Å². The molecule has 0 fully saturated rings. The lowest BCUT2D eigenvalue weighted by Gasteiger charge is -2.00. The molecule has 2 rings (SSSR count). The standard InChI is InChI=1S/C14H8Br2F2/c15-13-7-11(17)5-3-9(13)1-2-10-4-6-12(18)8-14(10)16/h1-8H/b2-1+. The van der Waals surface area contributed by atoms with Crippen molar-refractivity contribution in [3.8, 4) is 0 Å². The van der Waals surface area contributed by atoms with Crippen molar-refractivity contribution in [2.45, 2.75) is 0 Å². The van der Waals surface area contributed by atoms with Gasteiger partial charge >= 0.3 is 0 Å². The van der Waals surface area contributed by atoms with Gasteiger partial charge in [-0.1, -0.05) is 56.1 Å². The monoisotopic (exact) mass is 372 g/mol. The smallest absolute Gasteiger partial charge is 0.124 e. The fraction of sp³-hybridized carbons (Fsp3) is 0. The maximum absolute atomic E-state index is 12.9. The second-order valence-electron chi connectivity index (χ2n) is 3.67. The summed E-state index contributed by atoms with van der Waals surface area (Å²) in [5.41, 5.74) is 1.71. The maximum Gasteiger partial charge on any atom is 0.124 e. The van der Waals surface area contributed by atoms with Gasteiger partial charge in [-0.25, -0.2) is 8.78 Å². The molecule has 0 radical (unpaired) electrons. The van der Waals surface area contributed by atoms with Gasteiger partial charge in [0, 0.05) is 8.95 Å². The van der Waals surface area contributed by atoms with Crippen LogP contribution in [0, 0.1) is 11.6 Å². The molecule has 0 atom stereocenters. The van der Waals surface area contributed by atoms with Crippen molar-refractivity contribution in [1.82, 2.24) is 0 Å². The largest absolute Gasteiger partial charge is 0.207 e. The SMILES string of the molecule is Fc1ccc(/C=C/c2ccc(F)cc2Br)c(Br)c1. The van der Waals surface area contributed by atoms with Crippen LogP contribution in [0.25, 0.3) is 12.2 Å². The van der Waals surface area contributed by atoms with Crippen LogP contribution in [0.15, 0.2) is 45.3 Å². The number of hydrogen-bond acceptors (Lipinski definition) is 0. The van der Waals surface area contributed by atoms with Crippen LogP contribution in [-0.2, 0) is 0 Å². The first kappa shape index (κ1) is 13.4. The lowest BCUT2D eigenvalue weighted by atomic mass is 10.1. The first-order chi connectivity index (χ1) is 8.56. The van der Waals surface area contributed by atoms with Gasteiger partial charge < -0.3 is 0 Å². The summed E-state index contributed by atoms with van der Waals surface area (Å²) in [6.45, 7) is 0. The Kier molecular flexibility index (Phi) is 4.30. The first-order valence-electron chi connectivity index (χ1n) is 5.14. The molecule has 2 aromatic carbocycles. The number of rotatable bonds is 2. The van der Waals surface area contributed by atoms with E-state index in [2.05, 4.69) is 31.9 Å². The zero-order valence-corrected chi connectivity index (χ0v) is 12.3. The maximum atomic E-state index is 12.9. The summed E-state index contributed by atoms with van der Waals surface area (Å²) in [7, 11) is 0. The van der Waals surface area contributed by atoms with Crippen LogP contribution < -0.4 is 0 Å². The zero-order valence-electron chi connectivity index (χ0n) is 9.13. The molecule has 0 heterocycles. The second-order valence-corrected chi connectivity index (χ2v) is 5.37. The highest BCUT2D eigenvalue weighted by atomic mass is 79.9. The van der Waals surface area contributed by atoms with E-state index in [1.54, 1.807) is 12.1 Å². The summed E-state index contributed by atoms with van der Waals surface area (Å²) in [5.74, 6) is -0.580. The summed E-state index contributed by atoms with van der Waals surface area (Å²) < 4.78 is 27.2. The summed E-state index contributed by atoms with van der Waals surface area (Å²) in [6.07, 6.45) is 3.67. The molecule has 2 aromatic rings. The molecule has 0 unspecified atom stereocenters. The van der Waals surface area contributed by atoms with Gasteiger partial charge in [0.25, 0.3) is 0 Å². The van der Waals surface area contributed by atoms with Gasteiger partial charge in [0.1, 0.15) is 11.6 Å². The summed E-state index contributed by atoms with van der Waals surface area (Å²) in [5, 5.41) is 0. The minimum Gasteiger partial charge on any atom is -0.207 e. The molecule has 0 aliphatic carbocycles. The Morgan fingerprint density at radius 3 is 1.44 bits per heavy atom. The fourth-order valence-electron chi connectivity index (χ4n) is 1.45. The average molecular weight is 374 g/mol. The van der Waals surface area contributed by atoms with E-state index in [9.17, 15) is 8.78 Å². The average Bonchev–Trinajstić information content (AvgIpc) is 2.30. The lowest BCUT2D eigenvalue weighted by Crippen LogP contribution is -1.81. The molecule has 0 bridgehead atoms. The van der Waals surface area contributed by atoms with Gasteiger partial charge in [0.05, 0.1) is 0 Å². The highest BCUT2D eigenvalue weighted by Crippen LogP contribution is 2.23. The molecule has 0 aromatic heterocycles. The molecule has 4 heteroatoms. The van der Waals surface area contributed by atoms with Gasteiger partial charge in [-0.3, -0.25) is 0 Å². The predicted molar refractivity (Wildman–Crippen MR) is 77.1 cm³/mol. The normalized spacial score (nSPS) is 11.1. The van der Waals surface area contributed by atoms with Crippen molar-refractivity contribution in [2.75, 3.05) is 0 Å². The van der Waals surface area contributed by atoms with Crippen molar-refractivity contribution in [3.05, 3.63) is 68.1 Å². The van der Waals surface area contributed by atoms with Crippen LogP contribution in [-0.4, -0.2) is 0 Å². The molecule has 0 amide bonds. The molecule has 18 heavy (non-hydrogen) atoms. The highest BCUT2D eigenvalue weighted by Gasteiger charge is 2.00. The number of hydrogen-bond donors (Lipinski definition) is 0. The lowest BCUT2D eigenvalue weighted by molar-refractivity contribution is 0.626. The number of benzene rings is 2. The van der Waals surface area contributed by atoms with Gasteiger partial charge in [0.2, 0.25) is 0 Å².